The lowest BCUT2D eigenvalue weighted by molar-refractivity contribution is 0.00701. The van der Waals surface area contributed by atoms with Gasteiger partial charge in [-0.15, -0.1) is 0 Å². The first-order valence-corrected chi connectivity index (χ1v) is 7.43. The van der Waals surface area contributed by atoms with Crippen molar-refractivity contribution in [1.82, 2.24) is 5.32 Å². The molecule has 1 heterocycles. The Morgan fingerprint density at radius 2 is 2.00 bits per heavy atom. The largest absolute Gasteiger partial charge is 0.456 e. The van der Waals surface area contributed by atoms with Gasteiger partial charge in [0.05, 0.1) is 11.3 Å². The molecule has 21 heavy (non-hydrogen) atoms. The topological polar surface area (TPSA) is 67.6 Å². The van der Waals surface area contributed by atoms with Gasteiger partial charge >= 0.3 is 5.97 Å². The van der Waals surface area contributed by atoms with E-state index in [2.05, 4.69) is 10.2 Å². The van der Waals surface area contributed by atoms with Crippen molar-refractivity contribution in [2.24, 2.45) is 5.73 Å². The lowest BCUT2D eigenvalue weighted by atomic mass is 10.1. The summed E-state index contributed by atoms with van der Waals surface area (Å²) in [5, 5.41) is 3.32. The van der Waals surface area contributed by atoms with Crippen molar-refractivity contribution >= 4 is 11.7 Å². The average molecular weight is 291 g/mol. The van der Waals surface area contributed by atoms with Crippen LogP contribution in [0.15, 0.2) is 18.2 Å². The van der Waals surface area contributed by atoms with E-state index in [9.17, 15) is 4.79 Å². The van der Waals surface area contributed by atoms with E-state index in [-0.39, 0.29) is 5.97 Å². The first-order chi connectivity index (χ1) is 9.90. The van der Waals surface area contributed by atoms with Gasteiger partial charge in [-0.25, -0.2) is 4.79 Å². The molecule has 0 aromatic heterocycles. The van der Waals surface area contributed by atoms with Crippen LogP contribution in [0.2, 0.25) is 0 Å². The maximum Gasteiger partial charge on any atom is 0.340 e. The van der Waals surface area contributed by atoms with Crippen LogP contribution in [0.3, 0.4) is 0 Å². The number of nitrogens with one attached hydrogen (secondary N) is 1. The summed E-state index contributed by atoms with van der Waals surface area (Å²) >= 11 is 0. The van der Waals surface area contributed by atoms with E-state index in [0.717, 1.165) is 37.4 Å². The van der Waals surface area contributed by atoms with Crippen LogP contribution < -0.4 is 16.0 Å². The standard InChI is InChI=1S/C16H25N3O2/c1-16(2,3)21-15(20)13-10-12(11-17)4-5-14(13)19-8-6-18-7-9-19/h4-5,10,18H,6-9,11,17H2,1-3H3. The summed E-state index contributed by atoms with van der Waals surface area (Å²) in [6.45, 7) is 9.67. The molecule has 1 aromatic rings. The highest BCUT2D eigenvalue weighted by Gasteiger charge is 2.23. The molecule has 0 spiro atoms. The molecule has 0 aliphatic carbocycles. The SMILES string of the molecule is CC(C)(C)OC(=O)c1cc(CN)ccc1N1CCNCC1. The zero-order valence-corrected chi connectivity index (χ0v) is 13.1. The maximum atomic E-state index is 12.5. The first kappa shape index (κ1) is 15.8. The molecule has 2 rings (SSSR count). The molecule has 116 valence electrons. The normalized spacial score (nSPS) is 15.9. The zero-order chi connectivity index (χ0) is 15.5. The van der Waals surface area contributed by atoms with Crippen LogP contribution in [0.5, 0.6) is 0 Å². The summed E-state index contributed by atoms with van der Waals surface area (Å²) in [5.74, 6) is -0.286. The minimum Gasteiger partial charge on any atom is -0.456 e. The van der Waals surface area contributed by atoms with Crippen LogP contribution in [0, 0.1) is 0 Å². The van der Waals surface area contributed by atoms with Crippen molar-refractivity contribution in [3.05, 3.63) is 29.3 Å². The number of hydrogen-bond acceptors (Lipinski definition) is 5. The monoisotopic (exact) mass is 291 g/mol. The van der Waals surface area contributed by atoms with Gasteiger partial charge in [-0.2, -0.15) is 0 Å². The second-order valence-corrected chi connectivity index (χ2v) is 6.29. The lowest BCUT2D eigenvalue weighted by Crippen LogP contribution is -2.44. The first-order valence-electron chi connectivity index (χ1n) is 7.43. The number of nitrogens with two attached hydrogens (primary N) is 1. The summed E-state index contributed by atoms with van der Waals surface area (Å²) in [6.07, 6.45) is 0. The molecule has 0 unspecified atom stereocenters. The molecule has 5 nitrogen and oxygen atoms in total. The van der Waals surface area contributed by atoms with Gasteiger partial charge in [-0.05, 0) is 38.5 Å². The molecule has 1 saturated heterocycles. The fourth-order valence-electron chi connectivity index (χ4n) is 2.39. The molecule has 0 bridgehead atoms. The molecule has 1 aliphatic rings. The van der Waals surface area contributed by atoms with Crippen molar-refractivity contribution in [2.75, 3.05) is 31.1 Å². The number of hydrogen-bond donors (Lipinski definition) is 2. The third-order valence-corrected chi connectivity index (χ3v) is 3.37. The minimum absolute atomic E-state index is 0.286. The number of carbonyl (C=O) groups is 1. The van der Waals surface area contributed by atoms with Crippen molar-refractivity contribution in [3.63, 3.8) is 0 Å². The molecular weight excluding hydrogens is 266 g/mol. The van der Waals surface area contributed by atoms with E-state index in [1.54, 1.807) is 0 Å². The predicted octanol–water partition coefficient (Wildman–Crippen LogP) is 1.51. The van der Waals surface area contributed by atoms with Crippen LogP contribution in [0.1, 0.15) is 36.7 Å². The van der Waals surface area contributed by atoms with Gasteiger partial charge in [-0.3, -0.25) is 0 Å². The Morgan fingerprint density at radius 3 is 2.57 bits per heavy atom. The molecule has 5 heteroatoms. The molecule has 1 aromatic carbocycles. The quantitative estimate of drug-likeness (QED) is 0.826. The van der Waals surface area contributed by atoms with E-state index in [0.29, 0.717) is 12.1 Å². The second-order valence-electron chi connectivity index (χ2n) is 6.29. The zero-order valence-electron chi connectivity index (χ0n) is 13.1. The Labute approximate surface area is 126 Å². The number of esters is 1. The lowest BCUT2D eigenvalue weighted by Gasteiger charge is -2.31. The van der Waals surface area contributed by atoms with Gasteiger partial charge < -0.3 is 20.7 Å². The Morgan fingerprint density at radius 1 is 1.33 bits per heavy atom. The highest BCUT2D eigenvalue weighted by atomic mass is 16.6. The minimum atomic E-state index is -0.503. The Bertz CT molecular complexity index is 503. The van der Waals surface area contributed by atoms with Gasteiger partial charge in [0.25, 0.3) is 0 Å². The van der Waals surface area contributed by atoms with Gasteiger partial charge in [0.2, 0.25) is 0 Å². The van der Waals surface area contributed by atoms with E-state index in [1.165, 1.54) is 0 Å². The Hall–Kier alpha value is -1.59. The van der Waals surface area contributed by atoms with Crippen molar-refractivity contribution < 1.29 is 9.53 Å². The molecular formula is C16H25N3O2. The van der Waals surface area contributed by atoms with Crippen molar-refractivity contribution in [2.45, 2.75) is 32.9 Å². The molecule has 0 saturated carbocycles. The van der Waals surface area contributed by atoms with E-state index in [1.807, 2.05) is 39.0 Å². The van der Waals surface area contributed by atoms with Crippen LogP contribution >= 0.6 is 0 Å². The summed E-state index contributed by atoms with van der Waals surface area (Å²) < 4.78 is 5.53. The van der Waals surface area contributed by atoms with Crippen LogP contribution in [0.25, 0.3) is 0 Å². The van der Waals surface area contributed by atoms with Gasteiger partial charge in [-0.1, -0.05) is 6.07 Å². The highest BCUT2D eigenvalue weighted by molar-refractivity contribution is 5.96. The van der Waals surface area contributed by atoms with Crippen LogP contribution in [-0.2, 0) is 11.3 Å². The summed E-state index contributed by atoms with van der Waals surface area (Å²) in [7, 11) is 0. The third-order valence-electron chi connectivity index (χ3n) is 3.37. The number of benzene rings is 1. The number of rotatable bonds is 3. The van der Waals surface area contributed by atoms with Gasteiger partial charge in [0.1, 0.15) is 5.60 Å². The van der Waals surface area contributed by atoms with Crippen molar-refractivity contribution in [3.8, 4) is 0 Å². The maximum absolute atomic E-state index is 12.5. The smallest absolute Gasteiger partial charge is 0.340 e. The molecule has 1 fully saturated rings. The number of nitrogens with zero attached hydrogens (tertiary/aromatic N) is 1. The number of anilines is 1. The Kier molecular flexibility index (Phi) is 4.85. The van der Waals surface area contributed by atoms with Gasteiger partial charge in [0.15, 0.2) is 0 Å². The fraction of sp³-hybridized carbons (Fsp3) is 0.562. The van der Waals surface area contributed by atoms with Gasteiger partial charge in [0, 0.05) is 32.7 Å². The average Bonchev–Trinajstić information content (AvgIpc) is 2.45. The summed E-state index contributed by atoms with van der Waals surface area (Å²) in [6, 6.07) is 5.81. The highest BCUT2D eigenvalue weighted by Crippen LogP contribution is 2.25. The van der Waals surface area contributed by atoms with Crippen LogP contribution in [0.4, 0.5) is 5.69 Å². The van der Waals surface area contributed by atoms with E-state index < -0.39 is 5.60 Å². The predicted molar refractivity (Wildman–Crippen MR) is 84.6 cm³/mol. The number of carbonyl (C=O) groups excluding carboxylic acids is 1. The molecule has 0 radical (unpaired) electrons. The Balaban J connectivity index is 2.33. The second kappa shape index (κ2) is 6.45. The van der Waals surface area contributed by atoms with Crippen molar-refractivity contribution in [1.29, 1.82) is 0 Å². The van der Waals surface area contributed by atoms with Crippen LogP contribution in [-0.4, -0.2) is 37.7 Å². The third kappa shape index (κ3) is 4.19. The molecule has 0 amide bonds. The molecule has 1 aliphatic heterocycles. The van der Waals surface area contributed by atoms with E-state index in [4.69, 9.17) is 10.5 Å². The number of ether oxygens (including phenoxy) is 1. The summed E-state index contributed by atoms with van der Waals surface area (Å²) in [5.41, 5.74) is 7.67. The fourth-order valence-corrected chi connectivity index (χ4v) is 2.39. The molecule has 3 N–H and O–H groups in total. The summed E-state index contributed by atoms with van der Waals surface area (Å²) in [4.78, 5) is 14.7. The number of piperazine rings is 1. The molecule has 0 atom stereocenters. The van der Waals surface area contributed by atoms with E-state index >= 15 is 0 Å².